The molecule has 7 nitrogen and oxygen atoms in total. The minimum atomic E-state index is 0.112. The Bertz CT molecular complexity index is 253. The summed E-state index contributed by atoms with van der Waals surface area (Å²) in [6, 6.07) is 0. The first-order chi connectivity index (χ1) is 11.2. The van der Waals surface area contributed by atoms with Crippen LogP contribution in [0.3, 0.4) is 0 Å². The van der Waals surface area contributed by atoms with Gasteiger partial charge in [0.05, 0.1) is 0 Å². The molecule has 7 heteroatoms. The topological polar surface area (TPSA) is 94.4 Å². The van der Waals surface area contributed by atoms with E-state index in [0.717, 1.165) is 58.9 Å². The largest absolute Gasteiger partial charge is 0.355 e. The Kier molecular flexibility index (Phi) is 17.1. The van der Waals surface area contributed by atoms with Gasteiger partial charge in [0.25, 0.3) is 0 Å². The van der Waals surface area contributed by atoms with E-state index in [0.29, 0.717) is 19.5 Å². The number of carbonyl (C=O) groups excluding carboxylic acids is 1. The molecule has 0 atom stereocenters. The number of hydrogen-bond acceptors (Lipinski definition) is 6. The average molecular weight is 331 g/mol. The normalized spacial score (nSPS) is 11.1. The Morgan fingerprint density at radius 3 is 1.91 bits per heavy atom. The Morgan fingerprint density at radius 1 is 0.826 bits per heavy atom. The third-order valence-electron chi connectivity index (χ3n) is 3.51. The smallest absolute Gasteiger partial charge is 0.219 e. The fourth-order valence-corrected chi connectivity index (χ4v) is 2.12. The van der Waals surface area contributed by atoms with Crippen molar-refractivity contribution in [3.63, 3.8) is 0 Å². The van der Waals surface area contributed by atoms with Crippen LogP contribution in [0.1, 0.15) is 26.7 Å². The molecule has 6 N–H and O–H groups in total. The lowest BCUT2D eigenvalue weighted by molar-refractivity contribution is -0.120. The summed E-state index contributed by atoms with van der Waals surface area (Å²) in [4.78, 5) is 13.6. The summed E-state index contributed by atoms with van der Waals surface area (Å²) in [7, 11) is 0. The molecule has 0 aliphatic carbocycles. The molecule has 0 unspecified atom stereocenters. The van der Waals surface area contributed by atoms with Crippen molar-refractivity contribution in [3.05, 3.63) is 0 Å². The predicted octanol–water partition coefficient (Wildman–Crippen LogP) is -1.05. The highest BCUT2D eigenvalue weighted by molar-refractivity contribution is 5.75. The monoisotopic (exact) mass is 330 g/mol. The van der Waals surface area contributed by atoms with Gasteiger partial charge in [-0.15, -0.1) is 0 Å². The predicted molar refractivity (Wildman–Crippen MR) is 97.7 cm³/mol. The van der Waals surface area contributed by atoms with E-state index >= 15 is 0 Å². The zero-order valence-electron chi connectivity index (χ0n) is 15.1. The Labute approximate surface area is 142 Å². The lowest BCUT2D eigenvalue weighted by Gasteiger charge is -2.23. The second-order valence-corrected chi connectivity index (χ2v) is 5.58. The van der Waals surface area contributed by atoms with E-state index in [9.17, 15) is 4.79 Å². The van der Waals surface area contributed by atoms with E-state index in [1.54, 1.807) is 0 Å². The fourth-order valence-electron chi connectivity index (χ4n) is 2.12. The van der Waals surface area contributed by atoms with Crippen molar-refractivity contribution in [3.8, 4) is 0 Å². The lowest BCUT2D eigenvalue weighted by atomic mass is 10.4. The number of nitrogens with zero attached hydrogens (tertiary/aromatic N) is 1. The van der Waals surface area contributed by atoms with Crippen molar-refractivity contribution in [2.45, 2.75) is 26.7 Å². The summed E-state index contributed by atoms with van der Waals surface area (Å²) in [5.74, 6) is 0.112. The molecule has 0 aromatic carbocycles. The Morgan fingerprint density at radius 2 is 1.39 bits per heavy atom. The standard InChI is InChI=1S/C16H38N6O/c1-3-6-18-10-13-22(14-11-19-7-5-17)15-12-20-8-9-21-16(23)4-2/h18-20H,3-15,17H2,1-2H3,(H,21,23). The summed E-state index contributed by atoms with van der Waals surface area (Å²) in [5, 5.41) is 13.0. The van der Waals surface area contributed by atoms with E-state index in [4.69, 9.17) is 5.73 Å². The second kappa shape index (κ2) is 17.6. The molecule has 0 spiro atoms. The van der Waals surface area contributed by atoms with Crippen molar-refractivity contribution in [1.82, 2.24) is 26.2 Å². The lowest BCUT2D eigenvalue weighted by Crippen LogP contribution is -2.42. The first-order valence-corrected chi connectivity index (χ1v) is 9.05. The summed E-state index contributed by atoms with van der Waals surface area (Å²) in [6.07, 6.45) is 1.72. The summed E-state index contributed by atoms with van der Waals surface area (Å²) in [6.45, 7) is 14.2. The van der Waals surface area contributed by atoms with E-state index in [1.165, 1.54) is 6.42 Å². The van der Waals surface area contributed by atoms with Gasteiger partial charge in [0, 0.05) is 71.9 Å². The second-order valence-electron chi connectivity index (χ2n) is 5.58. The van der Waals surface area contributed by atoms with Crippen LogP contribution in [0.25, 0.3) is 0 Å². The molecule has 0 aliphatic heterocycles. The van der Waals surface area contributed by atoms with Crippen LogP contribution in [0.4, 0.5) is 0 Å². The first kappa shape index (κ1) is 22.3. The van der Waals surface area contributed by atoms with Crippen molar-refractivity contribution >= 4 is 5.91 Å². The van der Waals surface area contributed by atoms with Crippen LogP contribution in [-0.4, -0.2) is 82.8 Å². The van der Waals surface area contributed by atoms with Crippen molar-refractivity contribution in [2.75, 3.05) is 72.0 Å². The van der Waals surface area contributed by atoms with E-state index in [-0.39, 0.29) is 5.91 Å². The van der Waals surface area contributed by atoms with Crippen LogP contribution in [0.5, 0.6) is 0 Å². The third kappa shape index (κ3) is 15.9. The number of nitrogens with one attached hydrogen (secondary N) is 4. The van der Waals surface area contributed by atoms with Crippen LogP contribution < -0.4 is 27.0 Å². The molecule has 23 heavy (non-hydrogen) atoms. The maximum atomic E-state index is 11.1. The highest BCUT2D eigenvalue weighted by Crippen LogP contribution is 1.86. The minimum absolute atomic E-state index is 0.112. The van der Waals surface area contributed by atoms with Crippen molar-refractivity contribution in [2.24, 2.45) is 5.73 Å². The molecule has 0 heterocycles. The van der Waals surface area contributed by atoms with Gasteiger partial charge in [-0.2, -0.15) is 0 Å². The van der Waals surface area contributed by atoms with Gasteiger partial charge in [-0.3, -0.25) is 9.69 Å². The van der Waals surface area contributed by atoms with Gasteiger partial charge in [0.1, 0.15) is 0 Å². The molecule has 0 radical (unpaired) electrons. The number of rotatable bonds is 17. The maximum Gasteiger partial charge on any atom is 0.219 e. The van der Waals surface area contributed by atoms with Crippen molar-refractivity contribution in [1.29, 1.82) is 0 Å². The van der Waals surface area contributed by atoms with Gasteiger partial charge in [0.15, 0.2) is 0 Å². The molecule has 0 aromatic heterocycles. The molecule has 1 amide bonds. The minimum Gasteiger partial charge on any atom is -0.355 e. The van der Waals surface area contributed by atoms with Gasteiger partial charge in [-0.1, -0.05) is 13.8 Å². The zero-order valence-corrected chi connectivity index (χ0v) is 15.1. The van der Waals surface area contributed by atoms with Crippen LogP contribution in [0, 0.1) is 0 Å². The first-order valence-electron chi connectivity index (χ1n) is 9.05. The van der Waals surface area contributed by atoms with Crippen LogP contribution >= 0.6 is 0 Å². The molecule has 0 rings (SSSR count). The van der Waals surface area contributed by atoms with E-state index < -0.39 is 0 Å². The van der Waals surface area contributed by atoms with Crippen LogP contribution in [0.2, 0.25) is 0 Å². The summed E-state index contributed by atoms with van der Waals surface area (Å²) >= 11 is 0. The van der Waals surface area contributed by atoms with Crippen LogP contribution in [0.15, 0.2) is 0 Å². The number of carbonyl (C=O) groups is 1. The molecular weight excluding hydrogens is 292 g/mol. The molecule has 0 aromatic rings. The Hall–Kier alpha value is -0.730. The average Bonchev–Trinajstić information content (AvgIpc) is 2.57. The molecular formula is C16H38N6O. The zero-order chi connectivity index (χ0) is 17.2. The highest BCUT2D eigenvalue weighted by Gasteiger charge is 2.04. The van der Waals surface area contributed by atoms with Gasteiger partial charge in [-0.05, 0) is 13.0 Å². The van der Waals surface area contributed by atoms with Gasteiger partial charge in [0.2, 0.25) is 5.91 Å². The molecule has 0 aliphatic rings. The van der Waals surface area contributed by atoms with Gasteiger partial charge in [-0.25, -0.2) is 0 Å². The fraction of sp³-hybridized carbons (Fsp3) is 0.938. The summed E-state index contributed by atoms with van der Waals surface area (Å²) < 4.78 is 0. The maximum absolute atomic E-state index is 11.1. The van der Waals surface area contributed by atoms with Crippen molar-refractivity contribution < 1.29 is 4.79 Å². The molecule has 0 saturated carbocycles. The highest BCUT2D eigenvalue weighted by atomic mass is 16.1. The van der Waals surface area contributed by atoms with E-state index in [2.05, 4.69) is 33.1 Å². The third-order valence-corrected chi connectivity index (χ3v) is 3.51. The number of hydrogen-bond donors (Lipinski definition) is 5. The van der Waals surface area contributed by atoms with Crippen LogP contribution in [-0.2, 0) is 4.79 Å². The molecule has 0 saturated heterocycles. The molecule has 0 fully saturated rings. The number of nitrogens with two attached hydrogens (primary N) is 1. The summed E-state index contributed by atoms with van der Waals surface area (Å²) in [5.41, 5.74) is 5.49. The van der Waals surface area contributed by atoms with Gasteiger partial charge >= 0.3 is 0 Å². The molecule has 0 bridgehead atoms. The molecule has 138 valence electrons. The van der Waals surface area contributed by atoms with E-state index in [1.807, 2.05) is 6.92 Å². The van der Waals surface area contributed by atoms with Gasteiger partial charge < -0.3 is 27.0 Å². The SMILES string of the molecule is CCCNCCN(CCNCCN)CCNCCNC(=O)CC. The Balaban J connectivity index is 3.74. The number of amides is 1. The quantitative estimate of drug-likeness (QED) is 0.219.